The van der Waals surface area contributed by atoms with Crippen molar-refractivity contribution in [2.75, 3.05) is 19.4 Å². The zero-order valence-electron chi connectivity index (χ0n) is 11.8. The molecule has 1 saturated heterocycles. The van der Waals surface area contributed by atoms with Crippen molar-refractivity contribution in [2.45, 2.75) is 45.3 Å². The smallest absolute Gasteiger partial charge is 0.276 e. The van der Waals surface area contributed by atoms with Gasteiger partial charge in [0.2, 0.25) is 0 Å². The maximum atomic E-state index is 12.4. The fourth-order valence-electron chi connectivity index (χ4n) is 2.54. The van der Waals surface area contributed by atoms with Gasteiger partial charge < -0.3 is 15.4 Å². The van der Waals surface area contributed by atoms with Gasteiger partial charge in [-0.2, -0.15) is 5.10 Å². The zero-order chi connectivity index (χ0) is 14.0. The van der Waals surface area contributed by atoms with Gasteiger partial charge in [0.05, 0.1) is 23.5 Å². The third-order valence-electron chi connectivity index (χ3n) is 3.74. The van der Waals surface area contributed by atoms with Crippen LogP contribution >= 0.6 is 0 Å². The van der Waals surface area contributed by atoms with Gasteiger partial charge in [-0.25, -0.2) is 0 Å². The number of H-pyrrole nitrogens is 1. The van der Waals surface area contributed by atoms with Crippen LogP contribution < -0.4 is 5.73 Å². The van der Waals surface area contributed by atoms with Crippen molar-refractivity contribution in [1.29, 1.82) is 0 Å². The first kappa shape index (κ1) is 13.9. The summed E-state index contributed by atoms with van der Waals surface area (Å²) in [4.78, 5) is 14.1. The van der Waals surface area contributed by atoms with Crippen molar-refractivity contribution in [3.8, 4) is 0 Å². The molecule has 6 heteroatoms. The minimum atomic E-state index is -0.140. The molecule has 2 rings (SSSR count). The number of nitrogens with zero attached hydrogens (tertiary/aromatic N) is 2. The van der Waals surface area contributed by atoms with Gasteiger partial charge in [-0.1, -0.05) is 13.3 Å². The highest BCUT2D eigenvalue weighted by molar-refractivity contribution is 5.97. The number of aromatic nitrogens is 2. The summed E-state index contributed by atoms with van der Waals surface area (Å²) >= 11 is 0. The van der Waals surface area contributed by atoms with E-state index in [9.17, 15) is 4.79 Å². The van der Waals surface area contributed by atoms with Gasteiger partial charge in [0.15, 0.2) is 5.69 Å². The Bertz CT molecular complexity index is 457. The normalized spacial score (nSPS) is 22.7. The van der Waals surface area contributed by atoms with Gasteiger partial charge in [0, 0.05) is 13.7 Å². The Morgan fingerprint density at radius 1 is 1.63 bits per heavy atom. The van der Waals surface area contributed by atoms with Gasteiger partial charge in [0.1, 0.15) is 0 Å². The lowest BCUT2D eigenvalue weighted by molar-refractivity contribution is 0.0570. The molecule has 0 aliphatic carbocycles. The highest BCUT2D eigenvalue weighted by Crippen LogP contribution is 2.22. The average Bonchev–Trinajstić information content (AvgIpc) is 2.96. The van der Waals surface area contributed by atoms with Crippen LogP contribution in [0, 0.1) is 0 Å². The number of carbonyl (C=O) groups is 1. The first-order valence-corrected chi connectivity index (χ1v) is 6.77. The molecule has 106 valence electrons. The molecule has 6 nitrogen and oxygen atoms in total. The van der Waals surface area contributed by atoms with Crippen molar-refractivity contribution in [1.82, 2.24) is 15.1 Å². The van der Waals surface area contributed by atoms with E-state index in [2.05, 4.69) is 17.1 Å². The summed E-state index contributed by atoms with van der Waals surface area (Å²) < 4.78 is 5.49. The predicted octanol–water partition coefficient (Wildman–Crippen LogP) is 1.19. The minimum absolute atomic E-state index is 0.0595. The first-order chi connectivity index (χ1) is 9.06. The van der Waals surface area contributed by atoms with E-state index in [0.29, 0.717) is 18.0 Å². The van der Waals surface area contributed by atoms with Crippen molar-refractivity contribution >= 4 is 11.6 Å². The number of aromatic amines is 1. The fraction of sp³-hybridized carbons (Fsp3) is 0.692. The van der Waals surface area contributed by atoms with Crippen LogP contribution in [-0.2, 0) is 11.2 Å². The van der Waals surface area contributed by atoms with E-state index in [-0.39, 0.29) is 18.1 Å². The molecule has 0 spiro atoms. The van der Waals surface area contributed by atoms with Crippen LogP contribution in [0.15, 0.2) is 0 Å². The van der Waals surface area contributed by atoms with Crippen LogP contribution in [0.3, 0.4) is 0 Å². The van der Waals surface area contributed by atoms with Crippen LogP contribution in [0.1, 0.15) is 42.9 Å². The molecule has 2 heterocycles. The highest BCUT2D eigenvalue weighted by atomic mass is 16.5. The van der Waals surface area contributed by atoms with E-state index in [1.807, 2.05) is 6.92 Å². The van der Waals surface area contributed by atoms with Gasteiger partial charge in [-0.05, 0) is 19.8 Å². The van der Waals surface area contributed by atoms with Crippen molar-refractivity contribution in [3.05, 3.63) is 11.4 Å². The molecular weight excluding hydrogens is 244 g/mol. The number of rotatable bonds is 4. The van der Waals surface area contributed by atoms with Gasteiger partial charge in [-0.15, -0.1) is 0 Å². The number of nitrogens with one attached hydrogen (secondary N) is 1. The summed E-state index contributed by atoms with van der Waals surface area (Å²) in [5, 5.41) is 6.93. The Morgan fingerprint density at radius 3 is 2.95 bits per heavy atom. The number of likely N-dealkylation sites (N-methyl/N-ethyl adjacent to an activating group) is 1. The number of aryl methyl sites for hydroxylation is 1. The molecule has 2 unspecified atom stereocenters. The number of anilines is 1. The van der Waals surface area contributed by atoms with Gasteiger partial charge in [-0.3, -0.25) is 9.89 Å². The summed E-state index contributed by atoms with van der Waals surface area (Å²) in [6.07, 6.45) is 2.68. The Labute approximate surface area is 113 Å². The number of hydrogen-bond acceptors (Lipinski definition) is 4. The van der Waals surface area contributed by atoms with E-state index in [1.54, 1.807) is 11.9 Å². The average molecular weight is 266 g/mol. The minimum Gasteiger partial charge on any atom is -0.395 e. The summed E-state index contributed by atoms with van der Waals surface area (Å²) in [6.45, 7) is 4.74. The first-order valence-electron chi connectivity index (χ1n) is 6.77. The molecule has 0 aromatic carbocycles. The molecule has 3 N–H and O–H groups in total. The lowest BCUT2D eigenvalue weighted by Crippen LogP contribution is -2.41. The SMILES string of the molecule is CCCc1[nH]nc(C(=O)N(C)C2CCOC2C)c1N. The monoisotopic (exact) mass is 266 g/mol. The molecule has 0 bridgehead atoms. The number of amides is 1. The van der Waals surface area contributed by atoms with E-state index >= 15 is 0 Å². The molecule has 2 atom stereocenters. The maximum Gasteiger partial charge on any atom is 0.276 e. The molecule has 1 aromatic heterocycles. The topological polar surface area (TPSA) is 84.2 Å². The Hall–Kier alpha value is -1.56. The van der Waals surface area contributed by atoms with Crippen molar-refractivity contribution in [3.63, 3.8) is 0 Å². The zero-order valence-corrected chi connectivity index (χ0v) is 11.8. The maximum absolute atomic E-state index is 12.4. The van der Waals surface area contributed by atoms with Gasteiger partial charge in [0.25, 0.3) is 5.91 Å². The van der Waals surface area contributed by atoms with Gasteiger partial charge >= 0.3 is 0 Å². The second-order valence-corrected chi connectivity index (χ2v) is 5.06. The number of nitrogen functional groups attached to an aromatic ring is 1. The quantitative estimate of drug-likeness (QED) is 0.857. The van der Waals surface area contributed by atoms with Crippen molar-refractivity contribution < 1.29 is 9.53 Å². The standard InChI is InChI=1S/C13H22N4O2/c1-4-5-9-11(14)12(16-15-9)13(18)17(3)10-6-7-19-8(10)2/h8,10H,4-7,14H2,1-3H3,(H,15,16). The number of nitrogens with two attached hydrogens (primary N) is 1. The van der Waals surface area contributed by atoms with Crippen LogP contribution in [0.4, 0.5) is 5.69 Å². The third-order valence-corrected chi connectivity index (χ3v) is 3.74. The molecular formula is C13H22N4O2. The van der Waals surface area contributed by atoms with Crippen LogP contribution in [0.2, 0.25) is 0 Å². The molecule has 0 radical (unpaired) electrons. The molecule has 19 heavy (non-hydrogen) atoms. The van der Waals surface area contributed by atoms with E-state index in [1.165, 1.54) is 0 Å². The Kier molecular flexibility index (Phi) is 4.09. The van der Waals surface area contributed by atoms with Crippen LogP contribution in [0.5, 0.6) is 0 Å². The largest absolute Gasteiger partial charge is 0.395 e. The van der Waals surface area contributed by atoms with Crippen LogP contribution in [0.25, 0.3) is 0 Å². The fourth-order valence-corrected chi connectivity index (χ4v) is 2.54. The molecule has 1 aromatic rings. The molecule has 1 amide bonds. The van der Waals surface area contributed by atoms with E-state index < -0.39 is 0 Å². The summed E-state index contributed by atoms with van der Waals surface area (Å²) in [7, 11) is 1.78. The summed E-state index contributed by atoms with van der Waals surface area (Å²) in [6, 6.07) is 0.0956. The second kappa shape index (κ2) is 5.61. The number of hydrogen-bond donors (Lipinski definition) is 2. The summed E-state index contributed by atoms with van der Waals surface area (Å²) in [5.74, 6) is -0.140. The number of ether oxygens (including phenoxy) is 1. The highest BCUT2D eigenvalue weighted by Gasteiger charge is 2.32. The lowest BCUT2D eigenvalue weighted by atomic mass is 10.1. The Morgan fingerprint density at radius 2 is 2.37 bits per heavy atom. The third kappa shape index (κ3) is 2.58. The predicted molar refractivity (Wildman–Crippen MR) is 72.9 cm³/mol. The molecule has 0 saturated carbocycles. The van der Waals surface area contributed by atoms with Crippen LogP contribution in [-0.4, -0.2) is 46.8 Å². The molecule has 1 aliphatic heterocycles. The number of carbonyl (C=O) groups excluding carboxylic acids is 1. The van der Waals surface area contributed by atoms with E-state index in [4.69, 9.17) is 10.5 Å². The molecule has 1 aliphatic rings. The lowest BCUT2D eigenvalue weighted by Gasteiger charge is -2.26. The Balaban J connectivity index is 2.15. The molecule has 1 fully saturated rings. The summed E-state index contributed by atoms with van der Waals surface area (Å²) in [5.41, 5.74) is 7.63. The second-order valence-electron chi connectivity index (χ2n) is 5.06. The van der Waals surface area contributed by atoms with E-state index in [0.717, 1.165) is 25.0 Å². The van der Waals surface area contributed by atoms with Crippen molar-refractivity contribution in [2.24, 2.45) is 0 Å².